The molecule has 108 valence electrons. The largest absolute Gasteiger partial charge is 0.299 e. The van der Waals surface area contributed by atoms with Crippen molar-refractivity contribution < 1.29 is 8.42 Å². The molecule has 0 aliphatic carbocycles. The van der Waals surface area contributed by atoms with Crippen molar-refractivity contribution in [3.05, 3.63) is 34.7 Å². The van der Waals surface area contributed by atoms with Gasteiger partial charge in [-0.3, -0.25) is 4.90 Å². The summed E-state index contributed by atoms with van der Waals surface area (Å²) in [5.74, 6) is 0. The van der Waals surface area contributed by atoms with E-state index in [2.05, 4.69) is 4.90 Å². The maximum absolute atomic E-state index is 12.3. The fourth-order valence-corrected chi connectivity index (χ4v) is 4.97. The molecule has 0 aromatic heterocycles. The van der Waals surface area contributed by atoms with Crippen LogP contribution >= 0.6 is 0 Å². The molecule has 0 N–H and O–H groups in total. The summed E-state index contributed by atoms with van der Waals surface area (Å²) < 4.78 is 24.6. The van der Waals surface area contributed by atoms with Gasteiger partial charge in [0.1, 0.15) is 0 Å². The van der Waals surface area contributed by atoms with Crippen molar-refractivity contribution >= 4 is 15.4 Å². The van der Waals surface area contributed by atoms with E-state index in [1.807, 2.05) is 25.1 Å². The van der Waals surface area contributed by atoms with Crippen LogP contribution in [0.3, 0.4) is 0 Å². The maximum Gasteiger partial charge on any atom is 0.201 e. The first-order valence-electron chi connectivity index (χ1n) is 7.36. The molecule has 1 saturated heterocycles. The highest BCUT2D eigenvalue weighted by Crippen LogP contribution is 2.36. The van der Waals surface area contributed by atoms with E-state index in [1.54, 1.807) is 0 Å². The number of benzene rings is 1. The average Bonchev–Trinajstić information content (AvgIpc) is 2.57. The van der Waals surface area contributed by atoms with Crippen molar-refractivity contribution in [2.75, 3.05) is 19.6 Å². The lowest BCUT2D eigenvalue weighted by molar-refractivity contribution is 0.320. The summed E-state index contributed by atoms with van der Waals surface area (Å²) in [5.41, 5.74) is 2.73. The first kappa shape index (κ1) is 13.8. The molecule has 0 radical (unpaired) electrons. The van der Waals surface area contributed by atoms with E-state index >= 15 is 0 Å². The number of hydrogen-bond donors (Lipinski definition) is 0. The number of fused-ring (bicyclic) bond motifs is 1. The predicted molar refractivity (Wildman–Crippen MR) is 81.2 cm³/mol. The van der Waals surface area contributed by atoms with Gasteiger partial charge in [0.05, 0.1) is 4.90 Å². The SMILES string of the molecule is Cc1cccc2c1S(=O)(=O)C=C2CN1CCCCCC1. The third kappa shape index (κ3) is 2.54. The minimum absolute atomic E-state index is 0.518. The van der Waals surface area contributed by atoms with E-state index in [0.717, 1.165) is 36.3 Å². The van der Waals surface area contributed by atoms with E-state index in [-0.39, 0.29) is 0 Å². The number of sulfone groups is 1. The zero-order valence-electron chi connectivity index (χ0n) is 11.9. The molecule has 1 aromatic carbocycles. The van der Waals surface area contributed by atoms with Crippen LogP contribution in [-0.2, 0) is 9.84 Å². The van der Waals surface area contributed by atoms with Gasteiger partial charge in [-0.05, 0) is 49.6 Å². The van der Waals surface area contributed by atoms with Crippen molar-refractivity contribution in [2.45, 2.75) is 37.5 Å². The van der Waals surface area contributed by atoms with Gasteiger partial charge in [-0.25, -0.2) is 8.42 Å². The highest BCUT2D eigenvalue weighted by Gasteiger charge is 2.29. The van der Waals surface area contributed by atoms with Crippen LogP contribution in [0.25, 0.3) is 5.57 Å². The Morgan fingerprint density at radius 3 is 2.50 bits per heavy atom. The van der Waals surface area contributed by atoms with E-state index < -0.39 is 9.84 Å². The Morgan fingerprint density at radius 1 is 1.10 bits per heavy atom. The van der Waals surface area contributed by atoms with Crippen molar-refractivity contribution in [3.63, 3.8) is 0 Å². The summed E-state index contributed by atoms with van der Waals surface area (Å²) in [6.45, 7) is 4.80. The topological polar surface area (TPSA) is 37.4 Å². The lowest BCUT2D eigenvalue weighted by Crippen LogP contribution is -2.26. The molecule has 3 rings (SSSR count). The summed E-state index contributed by atoms with van der Waals surface area (Å²) in [6, 6.07) is 5.76. The van der Waals surface area contributed by atoms with Crippen molar-refractivity contribution in [1.82, 2.24) is 4.90 Å². The molecule has 0 unspecified atom stereocenters. The van der Waals surface area contributed by atoms with Gasteiger partial charge in [0.15, 0.2) is 0 Å². The molecule has 0 bridgehead atoms. The Hall–Kier alpha value is -1.13. The van der Waals surface area contributed by atoms with Crippen LogP contribution in [0.1, 0.15) is 36.8 Å². The first-order valence-corrected chi connectivity index (χ1v) is 8.90. The third-order valence-electron chi connectivity index (χ3n) is 4.23. The average molecular weight is 291 g/mol. The smallest absolute Gasteiger partial charge is 0.201 e. The Labute approximate surface area is 121 Å². The normalized spacial score (nSPS) is 22.1. The number of nitrogens with zero attached hydrogens (tertiary/aromatic N) is 1. The molecule has 0 atom stereocenters. The Balaban J connectivity index is 1.90. The molecule has 2 heterocycles. The van der Waals surface area contributed by atoms with E-state index in [0.29, 0.717) is 4.90 Å². The van der Waals surface area contributed by atoms with Gasteiger partial charge in [-0.1, -0.05) is 31.0 Å². The molecule has 2 aliphatic heterocycles. The van der Waals surface area contributed by atoms with Crippen molar-refractivity contribution in [2.24, 2.45) is 0 Å². The number of hydrogen-bond acceptors (Lipinski definition) is 3. The van der Waals surface area contributed by atoms with Crippen molar-refractivity contribution in [1.29, 1.82) is 0 Å². The second kappa shape index (κ2) is 5.34. The minimum Gasteiger partial charge on any atom is -0.299 e. The molecule has 0 saturated carbocycles. The molecular weight excluding hydrogens is 270 g/mol. The minimum atomic E-state index is -3.23. The fourth-order valence-electron chi connectivity index (χ4n) is 3.25. The molecule has 20 heavy (non-hydrogen) atoms. The second-order valence-corrected chi connectivity index (χ2v) is 7.56. The van der Waals surface area contributed by atoms with Crippen LogP contribution < -0.4 is 0 Å². The summed E-state index contributed by atoms with van der Waals surface area (Å²) in [6.07, 6.45) is 5.04. The van der Waals surface area contributed by atoms with E-state index in [9.17, 15) is 8.42 Å². The van der Waals surface area contributed by atoms with Gasteiger partial charge in [0.25, 0.3) is 0 Å². The second-order valence-electron chi connectivity index (χ2n) is 5.83. The Kier molecular flexibility index (Phi) is 3.69. The molecule has 1 aromatic rings. The lowest BCUT2D eigenvalue weighted by Gasteiger charge is -2.20. The van der Waals surface area contributed by atoms with Crippen LogP contribution in [0.2, 0.25) is 0 Å². The lowest BCUT2D eigenvalue weighted by atomic mass is 10.0. The van der Waals surface area contributed by atoms with Gasteiger partial charge in [0.2, 0.25) is 9.84 Å². The van der Waals surface area contributed by atoms with E-state index in [4.69, 9.17) is 0 Å². The summed E-state index contributed by atoms with van der Waals surface area (Å²) in [5, 5.41) is 1.48. The Morgan fingerprint density at radius 2 is 1.80 bits per heavy atom. The summed E-state index contributed by atoms with van der Waals surface area (Å²) in [4.78, 5) is 2.91. The standard InChI is InChI=1S/C16H21NO2S/c1-13-7-6-8-15-14(12-20(18,19)16(13)15)11-17-9-4-2-3-5-10-17/h6-8,12H,2-5,9-11H2,1H3. The third-order valence-corrected chi connectivity index (χ3v) is 5.94. The van der Waals surface area contributed by atoms with Gasteiger partial charge in [-0.15, -0.1) is 0 Å². The van der Waals surface area contributed by atoms with Gasteiger partial charge < -0.3 is 0 Å². The van der Waals surface area contributed by atoms with Crippen LogP contribution in [0.5, 0.6) is 0 Å². The zero-order chi connectivity index (χ0) is 14.2. The monoisotopic (exact) mass is 291 g/mol. The highest BCUT2D eigenvalue weighted by molar-refractivity contribution is 7.95. The molecule has 0 spiro atoms. The Bertz CT molecular complexity index is 638. The van der Waals surface area contributed by atoms with Crippen LogP contribution in [-0.4, -0.2) is 33.0 Å². The van der Waals surface area contributed by atoms with E-state index in [1.165, 1.54) is 31.1 Å². The molecular formula is C16H21NO2S. The summed E-state index contributed by atoms with van der Waals surface area (Å²) in [7, 11) is -3.23. The van der Waals surface area contributed by atoms with Gasteiger partial charge in [-0.2, -0.15) is 0 Å². The predicted octanol–water partition coefficient (Wildman–Crippen LogP) is 3.00. The number of rotatable bonds is 2. The van der Waals surface area contributed by atoms with Crippen molar-refractivity contribution in [3.8, 4) is 0 Å². The zero-order valence-corrected chi connectivity index (χ0v) is 12.7. The molecule has 2 aliphatic rings. The quantitative estimate of drug-likeness (QED) is 0.840. The number of aryl methyl sites for hydroxylation is 1. The highest BCUT2D eigenvalue weighted by atomic mass is 32.2. The fraction of sp³-hybridized carbons (Fsp3) is 0.500. The summed E-state index contributed by atoms with van der Waals surface area (Å²) >= 11 is 0. The van der Waals surface area contributed by atoms with Crippen LogP contribution in [0.4, 0.5) is 0 Å². The maximum atomic E-state index is 12.3. The molecule has 0 amide bonds. The number of likely N-dealkylation sites (tertiary alicyclic amines) is 1. The molecule has 3 nitrogen and oxygen atoms in total. The van der Waals surface area contributed by atoms with Crippen LogP contribution in [0, 0.1) is 6.92 Å². The van der Waals surface area contributed by atoms with Gasteiger partial charge >= 0.3 is 0 Å². The van der Waals surface area contributed by atoms with Gasteiger partial charge in [0, 0.05) is 12.0 Å². The molecule has 1 fully saturated rings. The van der Waals surface area contributed by atoms with Crippen LogP contribution in [0.15, 0.2) is 28.5 Å². The molecule has 4 heteroatoms. The first-order chi connectivity index (χ1) is 9.58.